The van der Waals surface area contributed by atoms with Crippen LogP contribution in [0.15, 0.2) is 0 Å². The summed E-state index contributed by atoms with van der Waals surface area (Å²) < 4.78 is 0. The Morgan fingerprint density at radius 3 is 2.33 bits per heavy atom. The van der Waals surface area contributed by atoms with Crippen molar-refractivity contribution in [2.24, 2.45) is 11.7 Å². The van der Waals surface area contributed by atoms with Crippen LogP contribution in [0.3, 0.4) is 0 Å². The maximum absolute atomic E-state index is 11.9. The van der Waals surface area contributed by atoms with Crippen LogP contribution in [0.5, 0.6) is 0 Å². The number of nitrogens with two attached hydrogens (primary N) is 1. The van der Waals surface area contributed by atoms with E-state index in [-0.39, 0.29) is 24.2 Å². The maximum Gasteiger partial charge on any atom is 0.242 e. The van der Waals surface area contributed by atoms with Crippen LogP contribution < -0.4 is 16.4 Å². The number of hydrogen-bond acceptors (Lipinski definition) is 3. The van der Waals surface area contributed by atoms with E-state index in [1.54, 1.807) is 6.92 Å². The smallest absolute Gasteiger partial charge is 0.242 e. The summed E-state index contributed by atoms with van der Waals surface area (Å²) in [6.07, 6.45) is 6.54. The van der Waals surface area contributed by atoms with E-state index in [4.69, 9.17) is 5.73 Å². The van der Waals surface area contributed by atoms with Crippen LogP contribution in [0, 0.1) is 5.92 Å². The van der Waals surface area contributed by atoms with Crippen molar-refractivity contribution >= 4 is 24.2 Å². The largest absolute Gasteiger partial charge is 0.353 e. The van der Waals surface area contributed by atoms with Gasteiger partial charge in [0.2, 0.25) is 11.8 Å². The van der Waals surface area contributed by atoms with Crippen molar-refractivity contribution in [2.45, 2.75) is 70.9 Å². The molecule has 124 valence electrons. The zero-order valence-corrected chi connectivity index (χ0v) is 14.2. The van der Waals surface area contributed by atoms with E-state index < -0.39 is 11.6 Å². The number of rotatable bonds is 6. The minimum atomic E-state index is -0.506. The van der Waals surface area contributed by atoms with Crippen molar-refractivity contribution in [2.75, 3.05) is 6.54 Å². The summed E-state index contributed by atoms with van der Waals surface area (Å²) >= 11 is 0. The summed E-state index contributed by atoms with van der Waals surface area (Å²) in [5.74, 6) is 0.286. The number of nitrogens with one attached hydrogen (secondary N) is 2. The van der Waals surface area contributed by atoms with Gasteiger partial charge in [-0.05, 0) is 39.5 Å². The minimum absolute atomic E-state index is 0. The van der Waals surface area contributed by atoms with Gasteiger partial charge in [0, 0.05) is 18.5 Å². The second-order valence-corrected chi connectivity index (χ2v) is 6.70. The average molecular weight is 320 g/mol. The molecule has 0 heterocycles. The minimum Gasteiger partial charge on any atom is -0.353 e. The Labute approximate surface area is 134 Å². The van der Waals surface area contributed by atoms with Gasteiger partial charge in [0.25, 0.3) is 0 Å². The van der Waals surface area contributed by atoms with Gasteiger partial charge in [0.1, 0.15) is 6.04 Å². The van der Waals surface area contributed by atoms with Crippen LogP contribution in [-0.4, -0.2) is 29.9 Å². The highest BCUT2D eigenvalue weighted by molar-refractivity contribution is 5.87. The Bertz CT molecular complexity index is 336. The number of carbonyl (C=O) groups is 2. The van der Waals surface area contributed by atoms with Gasteiger partial charge in [-0.1, -0.05) is 19.3 Å². The standard InChI is InChI=1S/C15H29N3O2.ClH/c1-11(14(20)17-10-15(2,3)16)18-13(19)9-12-7-5-4-6-8-12;/h11-12H,4-10,16H2,1-3H3,(H,17,20)(H,18,19);1H. The number of hydrogen-bond donors (Lipinski definition) is 3. The molecule has 0 saturated heterocycles. The summed E-state index contributed by atoms with van der Waals surface area (Å²) in [6.45, 7) is 5.80. The molecule has 0 aromatic heterocycles. The first kappa shape index (κ1) is 20.2. The van der Waals surface area contributed by atoms with E-state index in [0.29, 0.717) is 18.9 Å². The SMILES string of the molecule is CC(NC(=O)CC1CCCCC1)C(=O)NCC(C)(C)N.Cl. The van der Waals surface area contributed by atoms with E-state index in [9.17, 15) is 9.59 Å². The van der Waals surface area contributed by atoms with Crippen molar-refractivity contribution in [3.8, 4) is 0 Å². The van der Waals surface area contributed by atoms with Crippen molar-refractivity contribution < 1.29 is 9.59 Å². The molecule has 1 aliphatic rings. The van der Waals surface area contributed by atoms with E-state index in [1.165, 1.54) is 19.3 Å². The molecule has 0 bridgehead atoms. The molecular formula is C15H30ClN3O2. The van der Waals surface area contributed by atoms with Crippen LogP contribution >= 0.6 is 12.4 Å². The van der Waals surface area contributed by atoms with Crippen LogP contribution in [0.25, 0.3) is 0 Å². The van der Waals surface area contributed by atoms with Crippen molar-refractivity contribution in [3.63, 3.8) is 0 Å². The topological polar surface area (TPSA) is 84.2 Å². The Kier molecular flexibility index (Phi) is 8.90. The quantitative estimate of drug-likeness (QED) is 0.697. The summed E-state index contributed by atoms with van der Waals surface area (Å²) in [5, 5.41) is 5.52. The Balaban J connectivity index is 0.00000400. The first-order valence-electron chi connectivity index (χ1n) is 7.64. The molecule has 1 atom stereocenters. The predicted octanol–water partition coefficient (Wildman–Crippen LogP) is 1.74. The molecule has 0 spiro atoms. The first-order chi connectivity index (χ1) is 9.28. The lowest BCUT2D eigenvalue weighted by atomic mass is 9.87. The second-order valence-electron chi connectivity index (χ2n) is 6.70. The van der Waals surface area contributed by atoms with Gasteiger partial charge < -0.3 is 16.4 Å². The zero-order chi connectivity index (χ0) is 15.2. The fourth-order valence-corrected chi connectivity index (χ4v) is 2.49. The van der Waals surface area contributed by atoms with Gasteiger partial charge in [0.15, 0.2) is 0 Å². The van der Waals surface area contributed by atoms with Gasteiger partial charge >= 0.3 is 0 Å². The normalized spacial score (nSPS) is 17.5. The van der Waals surface area contributed by atoms with Crippen molar-refractivity contribution in [1.82, 2.24) is 10.6 Å². The van der Waals surface area contributed by atoms with Crippen LogP contribution in [0.4, 0.5) is 0 Å². The highest BCUT2D eigenvalue weighted by atomic mass is 35.5. The molecule has 1 unspecified atom stereocenters. The van der Waals surface area contributed by atoms with E-state index in [1.807, 2.05) is 13.8 Å². The molecule has 0 radical (unpaired) electrons. The highest BCUT2D eigenvalue weighted by Crippen LogP contribution is 2.26. The maximum atomic E-state index is 11.9. The number of amides is 2. The van der Waals surface area contributed by atoms with E-state index in [2.05, 4.69) is 10.6 Å². The van der Waals surface area contributed by atoms with Crippen molar-refractivity contribution in [3.05, 3.63) is 0 Å². The fraction of sp³-hybridized carbons (Fsp3) is 0.867. The molecule has 1 rings (SSSR count). The predicted molar refractivity (Wildman–Crippen MR) is 87.3 cm³/mol. The van der Waals surface area contributed by atoms with Crippen LogP contribution in [0.1, 0.15) is 59.3 Å². The summed E-state index contributed by atoms with van der Waals surface area (Å²) in [7, 11) is 0. The molecule has 5 nitrogen and oxygen atoms in total. The number of carbonyl (C=O) groups excluding carboxylic acids is 2. The van der Waals surface area contributed by atoms with E-state index in [0.717, 1.165) is 12.8 Å². The molecule has 1 saturated carbocycles. The van der Waals surface area contributed by atoms with Crippen LogP contribution in [0.2, 0.25) is 0 Å². The summed E-state index contributed by atoms with van der Waals surface area (Å²) in [6, 6.07) is -0.506. The van der Waals surface area contributed by atoms with Crippen molar-refractivity contribution in [1.29, 1.82) is 0 Å². The molecule has 1 aliphatic carbocycles. The highest BCUT2D eigenvalue weighted by Gasteiger charge is 2.21. The Morgan fingerprint density at radius 2 is 1.81 bits per heavy atom. The molecule has 21 heavy (non-hydrogen) atoms. The number of halogens is 1. The van der Waals surface area contributed by atoms with Crippen LogP contribution in [-0.2, 0) is 9.59 Å². The lowest BCUT2D eigenvalue weighted by Crippen LogP contribution is -2.51. The molecule has 2 amide bonds. The Hall–Kier alpha value is -0.810. The monoisotopic (exact) mass is 319 g/mol. The van der Waals surface area contributed by atoms with Gasteiger partial charge in [-0.3, -0.25) is 9.59 Å². The second kappa shape index (κ2) is 9.26. The van der Waals surface area contributed by atoms with Gasteiger partial charge in [-0.15, -0.1) is 12.4 Å². The molecular weight excluding hydrogens is 290 g/mol. The third kappa shape index (κ3) is 8.94. The Morgan fingerprint density at radius 1 is 1.24 bits per heavy atom. The lowest BCUT2D eigenvalue weighted by molar-refractivity contribution is -0.129. The summed E-state index contributed by atoms with van der Waals surface area (Å²) in [5.41, 5.74) is 5.36. The molecule has 0 aromatic rings. The fourth-order valence-electron chi connectivity index (χ4n) is 2.49. The lowest BCUT2D eigenvalue weighted by Gasteiger charge is -2.23. The van der Waals surface area contributed by atoms with Gasteiger partial charge in [-0.2, -0.15) is 0 Å². The first-order valence-corrected chi connectivity index (χ1v) is 7.64. The molecule has 1 fully saturated rings. The van der Waals surface area contributed by atoms with Gasteiger partial charge in [-0.25, -0.2) is 0 Å². The molecule has 0 aliphatic heterocycles. The van der Waals surface area contributed by atoms with Gasteiger partial charge in [0.05, 0.1) is 0 Å². The summed E-state index contributed by atoms with van der Waals surface area (Å²) in [4.78, 5) is 23.7. The average Bonchev–Trinajstić information content (AvgIpc) is 2.36. The van der Waals surface area contributed by atoms with E-state index >= 15 is 0 Å². The molecule has 6 heteroatoms. The zero-order valence-electron chi connectivity index (χ0n) is 13.4. The molecule has 0 aromatic carbocycles. The third-order valence-electron chi connectivity index (χ3n) is 3.69. The molecule has 4 N–H and O–H groups in total. The third-order valence-corrected chi connectivity index (χ3v) is 3.69.